The lowest BCUT2D eigenvalue weighted by Crippen LogP contribution is -2.54. The molecule has 0 aromatic carbocycles. The summed E-state index contributed by atoms with van der Waals surface area (Å²) in [6.45, 7) is 1.49. The predicted octanol–water partition coefficient (Wildman–Crippen LogP) is -1.13. The molecule has 1 aromatic heterocycles. The second kappa shape index (κ2) is 4.45. The minimum absolute atomic E-state index is 0.0272. The number of nitrogens with two attached hydrogens (primary N) is 1. The zero-order chi connectivity index (χ0) is 12.5. The fourth-order valence-corrected chi connectivity index (χ4v) is 1.98. The van der Waals surface area contributed by atoms with Gasteiger partial charge in [0, 0.05) is 12.6 Å². The summed E-state index contributed by atoms with van der Waals surface area (Å²) >= 11 is 0. The predicted molar refractivity (Wildman–Crippen MR) is 63.9 cm³/mol. The van der Waals surface area contributed by atoms with E-state index in [1.807, 2.05) is 4.90 Å². The van der Waals surface area contributed by atoms with Gasteiger partial charge in [-0.25, -0.2) is 5.10 Å². The Hall–Kier alpha value is -1.83. The number of H-pyrrole nitrogens is 1. The van der Waals surface area contributed by atoms with Gasteiger partial charge >= 0.3 is 0 Å². The largest absolute Gasteiger partial charge is 0.377 e. The van der Waals surface area contributed by atoms with E-state index in [9.17, 15) is 4.79 Å². The number of carbonyl (C=O) groups excluding carboxylic acids is 1. The summed E-state index contributed by atoms with van der Waals surface area (Å²) in [7, 11) is 0. The third-order valence-corrected chi connectivity index (χ3v) is 3.10. The van der Waals surface area contributed by atoms with Crippen molar-refractivity contribution in [2.75, 3.05) is 30.4 Å². The van der Waals surface area contributed by atoms with Gasteiger partial charge in [-0.1, -0.05) is 0 Å². The smallest absolute Gasteiger partial charge is 0.247 e. The summed E-state index contributed by atoms with van der Waals surface area (Å²) in [6, 6.07) is -0.0481. The highest BCUT2D eigenvalue weighted by molar-refractivity contribution is 5.85. The van der Waals surface area contributed by atoms with Gasteiger partial charge < -0.3 is 20.7 Å². The molecule has 18 heavy (non-hydrogen) atoms. The van der Waals surface area contributed by atoms with Gasteiger partial charge in [-0.2, -0.15) is 4.98 Å². The number of rotatable bonds is 3. The van der Waals surface area contributed by atoms with Crippen LogP contribution in [0.3, 0.4) is 0 Å². The molecule has 1 atom stereocenters. The summed E-state index contributed by atoms with van der Waals surface area (Å²) < 4.78 is 5.36. The standard InChI is InChI=1S/C10H16N6O2/c11-9-13-10(15-14-9)16-3-4-18-5-7(16)8(17)12-6-1-2-6/h6-7H,1-5H2,(H,12,17)(H3,11,13,14,15). The molecule has 3 rings (SSSR count). The second-order valence-corrected chi connectivity index (χ2v) is 4.59. The molecule has 2 aliphatic rings. The first kappa shape index (κ1) is 11.3. The van der Waals surface area contributed by atoms with E-state index in [1.165, 1.54) is 0 Å². The quantitative estimate of drug-likeness (QED) is 0.628. The van der Waals surface area contributed by atoms with Crippen molar-refractivity contribution in [2.24, 2.45) is 0 Å². The highest BCUT2D eigenvalue weighted by Gasteiger charge is 2.34. The summed E-state index contributed by atoms with van der Waals surface area (Å²) in [5.41, 5.74) is 5.51. The van der Waals surface area contributed by atoms with E-state index in [0.29, 0.717) is 31.7 Å². The first-order valence-corrected chi connectivity index (χ1v) is 6.06. The van der Waals surface area contributed by atoms with E-state index < -0.39 is 0 Å². The van der Waals surface area contributed by atoms with E-state index in [2.05, 4.69) is 20.5 Å². The maximum atomic E-state index is 12.1. The number of nitrogens with zero attached hydrogens (tertiary/aromatic N) is 3. The highest BCUT2D eigenvalue weighted by Crippen LogP contribution is 2.21. The molecule has 98 valence electrons. The molecule has 4 N–H and O–H groups in total. The fraction of sp³-hybridized carbons (Fsp3) is 0.700. The van der Waals surface area contributed by atoms with Crippen molar-refractivity contribution in [2.45, 2.75) is 24.9 Å². The van der Waals surface area contributed by atoms with Crippen molar-refractivity contribution in [3.05, 3.63) is 0 Å². The molecule has 0 bridgehead atoms. The summed E-state index contributed by atoms with van der Waals surface area (Å²) in [5.74, 6) is 0.671. The molecule has 1 aliphatic carbocycles. The third kappa shape index (κ3) is 2.23. The lowest BCUT2D eigenvalue weighted by Gasteiger charge is -2.33. The number of ether oxygens (including phenoxy) is 1. The number of hydrogen-bond acceptors (Lipinski definition) is 6. The summed E-state index contributed by atoms with van der Waals surface area (Å²) in [6.07, 6.45) is 2.12. The van der Waals surface area contributed by atoms with Gasteiger partial charge in [0.15, 0.2) is 0 Å². The normalized spacial score (nSPS) is 24.0. The van der Waals surface area contributed by atoms with Gasteiger partial charge in [-0.15, -0.1) is 5.10 Å². The van der Waals surface area contributed by atoms with E-state index in [1.54, 1.807) is 0 Å². The van der Waals surface area contributed by atoms with Crippen LogP contribution in [-0.4, -0.2) is 52.9 Å². The Morgan fingerprint density at radius 1 is 1.56 bits per heavy atom. The lowest BCUT2D eigenvalue weighted by atomic mass is 10.2. The molecule has 0 radical (unpaired) electrons. The minimum atomic E-state index is -0.380. The molecule has 8 heteroatoms. The maximum Gasteiger partial charge on any atom is 0.247 e. The number of nitrogens with one attached hydrogen (secondary N) is 2. The first-order valence-electron chi connectivity index (χ1n) is 6.06. The number of morpholine rings is 1. The average Bonchev–Trinajstić information content (AvgIpc) is 3.08. The Bertz CT molecular complexity index is 443. The molecule has 0 spiro atoms. The van der Waals surface area contributed by atoms with Crippen molar-refractivity contribution in [1.82, 2.24) is 20.5 Å². The van der Waals surface area contributed by atoms with Crippen LogP contribution in [0.2, 0.25) is 0 Å². The van der Waals surface area contributed by atoms with Crippen LogP contribution >= 0.6 is 0 Å². The Kier molecular flexibility index (Phi) is 2.78. The van der Waals surface area contributed by atoms with Crippen molar-refractivity contribution in [1.29, 1.82) is 0 Å². The fourth-order valence-electron chi connectivity index (χ4n) is 1.98. The number of aromatic amines is 1. The lowest BCUT2D eigenvalue weighted by molar-refractivity contribution is -0.124. The molecule has 2 heterocycles. The highest BCUT2D eigenvalue weighted by atomic mass is 16.5. The molecule has 1 aromatic rings. The summed E-state index contributed by atoms with van der Waals surface area (Å²) in [4.78, 5) is 18.0. The number of nitrogen functional groups attached to an aromatic ring is 1. The van der Waals surface area contributed by atoms with Crippen molar-refractivity contribution in [3.63, 3.8) is 0 Å². The molecule has 1 aliphatic heterocycles. The van der Waals surface area contributed by atoms with Crippen LogP contribution in [0.4, 0.5) is 11.9 Å². The first-order chi connectivity index (χ1) is 8.74. The minimum Gasteiger partial charge on any atom is -0.377 e. The Balaban J connectivity index is 1.74. The van der Waals surface area contributed by atoms with Crippen LogP contribution in [0.5, 0.6) is 0 Å². The Morgan fingerprint density at radius 2 is 2.39 bits per heavy atom. The van der Waals surface area contributed by atoms with E-state index in [-0.39, 0.29) is 17.9 Å². The molecular formula is C10H16N6O2. The molecule has 1 saturated carbocycles. The molecule has 1 unspecified atom stereocenters. The zero-order valence-corrected chi connectivity index (χ0v) is 9.93. The van der Waals surface area contributed by atoms with E-state index >= 15 is 0 Å². The maximum absolute atomic E-state index is 12.1. The number of amides is 1. The number of hydrogen-bond donors (Lipinski definition) is 3. The number of aromatic nitrogens is 3. The third-order valence-electron chi connectivity index (χ3n) is 3.10. The zero-order valence-electron chi connectivity index (χ0n) is 9.93. The molecular weight excluding hydrogens is 236 g/mol. The summed E-state index contributed by atoms with van der Waals surface area (Å²) in [5, 5.41) is 9.55. The van der Waals surface area contributed by atoms with E-state index in [0.717, 1.165) is 12.8 Å². The Morgan fingerprint density at radius 3 is 3.06 bits per heavy atom. The van der Waals surface area contributed by atoms with Crippen LogP contribution in [0.1, 0.15) is 12.8 Å². The topological polar surface area (TPSA) is 109 Å². The van der Waals surface area contributed by atoms with Gasteiger partial charge in [0.05, 0.1) is 13.2 Å². The van der Waals surface area contributed by atoms with Crippen LogP contribution in [0.25, 0.3) is 0 Å². The molecule has 8 nitrogen and oxygen atoms in total. The molecule has 2 fully saturated rings. The van der Waals surface area contributed by atoms with Gasteiger partial charge in [-0.3, -0.25) is 4.79 Å². The van der Waals surface area contributed by atoms with Gasteiger partial charge in [0.2, 0.25) is 17.8 Å². The SMILES string of the molecule is Nc1nc(N2CCOCC2C(=O)NC2CC2)n[nH]1. The van der Waals surface area contributed by atoms with Crippen LogP contribution in [-0.2, 0) is 9.53 Å². The second-order valence-electron chi connectivity index (χ2n) is 4.59. The van der Waals surface area contributed by atoms with Crippen LogP contribution in [0, 0.1) is 0 Å². The van der Waals surface area contributed by atoms with Crippen molar-refractivity contribution >= 4 is 17.8 Å². The molecule has 1 amide bonds. The Labute approximate surface area is 104 Å². The van der Waals surface area contributed by atoms with Crippen molar-refractivity contribution in [3.8, 4) is 0 Å². The molecule has 1 saturated heterocycles. The van der Waals surface area contributed by atoms with Gasteiger partial charge in [0.25, 0.3) is 0 Å². The monoisotopic (exact) mass is 252 g/mol. The van der Waals surface area contributed by atoms with Gasteiger partial charge in [-0.05, 0) is 12.8 Å². The van der Waals surface area contributed by atoms with Crippen LogP contribution in [0.15, 0.2) is 0 Å². The van der Waals surface area contributed by atoms with Crippen LogP contribution < -0.4 is 16.0 Å². The number of carbonyl (C=O) groups is 1. The van der Waals surface area contributed by atoms with E-state index in [4.69, 9.17) is 10.5 Å². The van der Waals surface area contributed by atoms with Gasteiger partial charge in [0.1, 0.15) is 6.04 Å². The average molecular weight is 252 g/mol. The number of anilines is 2. The van der Waals surface area contributed by atoms with Crippen molar-refractivity contribution < 1.29 is 9.53 Å².